The summed E-state index contributed by atoms with van der Waals surface area (Å²) >= 11 is 7.82. The summed E-state index contributed by atoms with van der Waals surface area (Å²) in [6.45, 7) is 5.39. The number of benzene rings is 2. The minimum Gasteiger partial charge on any atom is -0.496 e. The van der Waals surface area contributed by atoms with Crippen molar-refractivity contribution in [3.8, 4) is 5.75 Å². The van der Waals surface area contributed by atoms with Crippen LogP contribution in [-0.4, -0.2) is 40.1 Å². The Labute approximate surface area is 224 Å². The number of hydrogen-bond donors (Lipinski definition) is 1. The third-order valence-corrected chi connectivity index (χ3v) is 8.75. The van der Waals surface area contributed by atoms with Crippen molar-refractivity contribution in [2.24, 2.45) is 5.92 Å². The maximum Gasteiger partial charge on any atom is 0.141 e. The number of fused-ring (bicyclic) bond motifs is 2. The predicted molar refractivity (Wildman–Crippen MR) is 147 cm³/mol. The molecule has 2 aromatic heterocycles. The number of rotatable bonds is 8. The van der Waals surface area contributed by atoms with Gasteiger partial charge < -0.3 is 10.1 Å². The topological polar surface area (TPSA) is 63.2 Å². The fraction of sp³-hybridized carbons (Fsp3) is 0.393. The molecule has 2 atom stereocenters. The van der Waals surface area contributed by atoms with E-state index in [2.05, 4.69) is 38.2 Å². The average molecular weight is 538 g/mol. The van der Waals surface area contributed by atoms with E-state index in [4.69, 9.17) is 16.3 Å². The van der Waals surface area contributed by atoms with Gasteiger partial charge in [-0.3, -0.25) is 4.90 Å². The van der Waals surface area contributed by atoms with E-state index >= 15 is 0 Å². The molecular weight excluding hydrogens is 509 g/mol. The van der Waals surface area contributed by atoms with Gasteiger partial charge in [-0.25, -0.2) is 19.3 Å². The molecular formula is C28H29ClFN5OS. The SMILES string of the molecule is COc1cc2ncnc(Nc3ccc(F)c(Cl)c3)c2cc1C1CC1CCCN1CCc2nc(C)sc2C1. The Morgan fingerprint density at radius 2 is 2.14 bits per heavy atom. The third-order valence-electron chi connectivity index (χ3n) is 7.46. The van der Waals surface area contributed by atoms with Gasteiger partial charge in [0.05, 0.1) is 28.4 Å². The minimum absolute atomic E-state index is 0.0682. The second-order valence-corrected chi connectivity index (χ2v) is 11.7. The molecule has 37 heavy (non-hydrogen) atoms. The summed E-state index contributed by atoms with van der Waals surface area (Å²) < 4.78 is 19.4. The molecule has 0 amide bonds. The molecule has 2 aromatic carbocycles. The number of anilines is 2. The first-order valence-corrected chi connectivity index (χ1v) is 13.9. The van der Waals surface area contributed by atoms with Crippen LogP contribution in [0, 0.1) is 18.7 Å². The highest BCUT2D eigenvalue weighted by atomic mass is 35.5. The summed E-state index contributed by atoms with van der Waals surface area (Å²) in [5, 5.41) is 5.44. The number of halogens is 2. The third kappa shape index (κ3) is 5.15. The summed E-state index contributed by atoms with van der Waals surface area (Å²) in [5.74, 6) is 2.23. The van der Waals surface area contributed by atoms with Crippen molar-refractivity contribution < 1.29 is 9.13 Å². The standard InChI is InChI=1S/C28H29ClFN5OS/c1-16-33-24-7-9-35(14-27(24)37-16)8-3-4-17-10-19(17)20-12-21-25(13-26(20)36-2)31-15-32-28(21)34-18-5-6-23(30)22(29)11-18/h5-6,11-13,15,17,19H,3-4,7-10,14H2,1-2H3,(H,31,32,34). The maximum atomic E-state index is 13.6. The molecule has 1 saturated carbocycles. The molecule has 1 N–H and O–H groups in total. The van der Waals surface area contributed by atoms with Crippen molar-refractivity contribution in [2.75, 3.05) is 25.5 Å². The fourth-order valence-corrected chi connectivity index (χ4v) is 6.68. The number of hydrogen-bond acceptors (Lipinski definition) is 7. The minimum atomic E-state index is -0.449. The molecule has 6 rings (SSSR count). The predicted octanol–water partition coefficient (Wildman–Crippen LogP) is 6.88. The Morgan fingerprint density at radius 3 is 2.97 bits per heavy atom. The molecule has 1 aliphatic heterocycles. The number of methoxy groups -OCH3 is 1. The molecule has 192 valence electrons. The van der Waals surface area contributed by atoms with Gasteiger partial charge in [0.15, 0.2) is 0 Å². The van der Waals surface area contributed by atoms with Crippen LogP contribution in [0.1, 0.15) is 46.3 Å². The molecule has 0 radical (unpaired) electrons. The van der Waals surface area contributed by atoms with Crippen molar-refractivity contribution in [2.45, 2.75) is 45.1 Å². The van der Waals surface area contributed by atoms with E-state index in [1.165, 1.54) is 52.8 Å². The van der Waals surface area contributed by atoms with Crippen LogP contribution < -0.4 is 10.1 Å². The first-order chi connectivity index (χ1) is 18.0. The summed E-state index contributed by atoms with van der Waals surface area (Å²) in [5.41, 5.74) is 3.99. The van der Waals surface area contributed by atoms with Crippen LogP contribution in [-0.2, 0) is 13.0 Å². The van der Waals surface area contributed by atoms with Crippen molar-refractivity contribution >= 4 is 45.3 Å². The van der Waals surface area contributed by atoms with Gasteiger partial charge in [-0.2, -0.15) is 0 Å². The molecule has 0 saturated heterocycles. The van der Waals surface area contributed by atoms with Gasteiger partial charge in [-0.05, 0) is 74.4 Å². The number of aromatic nitrogens is 3. The largest absolute Gasteiger partial charge is 0.496 e. The van der Waals surface area contributed by atoms with Crippen molar-refractivity contribution in [3.63, 3.8) is 0 Å². The van der Waals surface area contributed by atoms with Gasteiger partial charge in [0.2, 0.25) is 0 Å². The van der Waals surface area contributed by atoms with Gasteiger partial charge >= 0.3 is 0 Å². The van der Waals surface area contributed by atoms with E-state index in [1.807, 2.05) is 17.4 Å². The Hall–Kier alpha value is -2.81. The van der Waals surface area contributed by atoms with Crippen molar-refractivity contribution in [1.29, 1.82) is 0 Å². The van der Waals surface area contributed by atoms with E-state index in [0.29, 0.717) is 23.3 Å². The Balaban J connectivity index is 1.14. The number of thiazole rings is 1. The second-order valence-electron chi connectivity index (χ2n) is 9.96. The van der Waals surface area contributed by atoms with Gasteiger partial charge in [0, 0.05) is 41.5 Å². The number of aryl methyl sites for hydroxylation is 1. The zero-order valence-electron chi connectivity index (χ0n) is 20.9. The lowest BCUT2D eigenvalue weighted by atomic mass is 10.0. The van der Waals surface area contributed by atoms with Crippen LogP contribution in [0.2, 0.25) is 5.02 Å². The van der Waals surface area contributed by atoms with E-state index in [9.17, 15) is 4.39 Å². The lowest BCUT2D eigenvalue weighted by Crippen LogP contribution is -2.30. The molecule has 0 bridgehead atoms. The normalized spacial score (nSPS) is 19.1. The van der Waals surface area contributed by atoms with Crippen LogP contribution in [0.5, 0.6) is 5.75 Å². The van der Waals surface area contributed by atoms with Gasteiger partial charge in [0.1, 0.15) is 23.7 Å². The number of nitrogens with one attached hydrogen (secondary N) is 1. The zero-order chi connectivity index (χ0) is 25.5. The molecule has 1 aliphatic carbocycles. The first kappa shape index (κ1) is 24.5. The zero-order valence-corrected chi connectivity index (χ0v) is 22.5. The highest BCUT2D eigenvalue weighted by Crippen LogP contribution is 2.53. The molecule has 2 aliphatic rings. The highest BCUT2D eigenvalue weighted by Gasteiger charge is 2.39. The van der Waals surface area contributed by atoms with E-state index < -0.39 is 5.82 Å². The Kier molecular flexibility index (Phi) is 6.73. The molecule has 6 nitrogen and oxygen atoms in total. The summed E-state index contributed by atoms with van der Waals surface area (Å²) in [4.78, 5) is 17.6. The van der Waals surface area contributed by atoms with E-state index in [-0.39, 0.29) is 5.02 Å². The second kappa shape index (κ2) is 10.2. The summed E-state index contributed by atoms with van der Waals surface area (Å²) in [7, 11) is 1.72. The first-order valence-electron chi connectivity index (χ1n) is 12.7. The van der Waals surface area contributed by atoms with Crippen LogP contribution in [0.4, 0.5) is 15.9 Å². The molecule has 0 spiro atoms. The quantitative estimate of drug-likeness (QED) is 0.264. The number of nitrogens with zero attached hydrogens (tertiary/aromatic N) is 4. The van der Waals surface area contributed by atoms with Crippen molar-refractivity contribution in [3.05, 3.63) is 68.6 Å². The fourth-order valence-electron chi connectivity index (χ4n) is 5.47. The Bertz CT molecular complexity index is 1460. The molecule has 1 fully saturated rings. The molecule has 3 heterocycles. The highest BCUT2D eigenvalue weighted by molar-refractivity contribution is 7.11. The van der Waals surface area contributed by atoms with Crippen LogP contribution in [0.15, 0.2) is 36.7 Å². The van der Waals surface area contributed by atoms with Crippen LogP contribution >= 0.6 is 22.9 Å². The van der Waals surface area contributed by atoms with E-state index in [0.717, 1.165) is 42.7 Å². The van der Waals surface area contributed by atoms with Crippen molar-refractivity contribution in [1.82, 2.24) is 19.9 Å². The van der Waals surface area contributed by atoms with Crippen LogP contribution in [0.3, 0.4) is 0 Å². The van der Waals surface area contributed by atoms with Gasteiger partial charge in [0.25, 0.3) is 0 Å². The molecule has 4 aromatic rings. The monoisotopic (exact) mass is 537 g/mol. The average Bonchev–Trinajstić information content (AvgIpc) is 3.56. The summed E-state index contributed by atoms with van der Waals surface area (Å²) in [6.07, 6.45) is 6.17. The smallest absolute Gasteiger partial charge is 0.141 e. The van der Waals surface area contributed by atoms with E-state index in [1.54, 1.807) is 19.2 Å². The maximum absolute atomic E-state index is 13.6. The molecule has 9 heteroatoms. The summed E-state index contributed by atoms with van der Waals surface area (Å²) in [6, 6.07) is 8.71. The number of ether oxygens (including phenoxy) is 1. The van der Waals surface area contributed by atoms with Gasteiger partial charge in [-0.1, -0.05) is 11.6 Å². The molecule has 2 unspecified atom stereocenters. The lowest BCUT2D eigenvalue weighted by molar-refractivity contribution is 0.248. The van der Waals surface area contributed by atoms with Gasteiger partial charge in [-0.15, -0.1) is 11.3 Å². The lowest BCUT2D eigenvalue weighted by Gasteiger charge is -2.25. The Morgan fingerprint density at radius 1 is 1.24 bits per heavy atom. The van der Waals surface area contributed by atoms with Crippen LogP contribution in [0.25, 0.3) is 10.9 Å².